The SMILES string of the molecule is CNCCCC(=O)Nc1cc(C(C)(C)C)[nH]n1. The summed E-state index contributed by atoms with van der Waals surface area (Å²) in [4.78, 5) is 11.6. The summed E-state index contributed by atoms with van der Waals surface area (Å²) in [7, 11) is 1.88. The van der Waals surface area contributed by atoms with Gasteiger partial charge in [-0.1, -0.05) is 20.8 Å². The quantitative estimate of drug-likeness (QED) is 0.683. The Hall–Kier alpha value is -1.36. The first-order chi connectivity index (χ1) is 7.93. The van der Waals surface area contributed by atoms with Crippen molar-refractivity contribution >= 4 is 11.7 Å². The molecule has 0 aliphatic carbocycles. The van der Waals surface area contributed by atoms with Crippen LogP contribution in [0.25, 0.3) is 0 Å². The summed E-state index contributed by atoms with van der Waals surface area (Å²) < 4.78 is 0. The third-order valence-corrected chi connectivity index (χ3v) is 2.48. The first-order valence-corrected chi connectivity index (χ1v) is 5.94. The predicted octanol–water partition coefficient (Wildman–Crippen LogP) is 1.65. The Bertz CT molecular complexity index is 365. The van der Waals surface area contributed by atoms with Crippen LogP contribution < -0.4 is 10.6 Å². The van der Waals surface area contributed by atoms with Gasteiger partial charge in [0.15, 0.2) is 5.82 Å². The van der Waals surface area contributed by atoms with Crippen LogP contribution in [0.4, 0.5) is 5.82 Å². The van der Waals surface area contributed by atoms with Crippen LogP contribution in [0.15, 0.2) is 6.07 Å². The molecule has 1 amide bonds. The molecule has 0 aliphatic rings. The lowest BCUT2D eigenvalue weighted by Gasteiger charge is -2.14. The van der Waals surface area contributed by atoms with Crippen molar-refractivity contribution in [2.75, 3.05) is 18.9 Å². The van der Waals surface area contributed by atoms with Crippen LogP contribution in [0.2, 0.25) is 0 Å². The molecule has 0 atom stereocenters. The average molecular weight is 238 g/mol. The summed E-state index contributed by atoms with van der Waals surface area (Å²) >= 11 is 0. The number of aromatic nitrogens is 2. The molecule has 0 fully saturated rings. The minimum atomic E-state index is 0.00668. The van der Waals surface area contributed by atoms with E-state index in [0.29, 0.717) is 12.2 Å². The van der Waals surface area contributed by atoms with Gasteiger partial charge in [0.1, 0.15) is 0 Å². The van der Waals surface area contributed by atoms with E-state index < -0.39 is 0 Å². The summed E-state index contributed by atoms with van der Waals surface area (Å²) in [5.41, 5.74) is 1.03. The Kier molecular flexibility index (Phi) is 4.69. The Morgan fingerprint density at radius 2 is 2.18 bits per heavy atom. The second kappa shape index (κ2) is 5.82. The van der Waals surface area contributed by atoms with E-state index in [-0.39, 0.29) is 11.3 Å². The van der Waals surface area contributed by atoms with E-state index in [1.165, 1.54) is 0 Å². The number of carbonyl (C=O) groups is 1. The van der Waals surface area contributed by atoms with Crippen LogP contribution in [0.5, 0.6) is 0 Å². The summed E-state index contributed by atoms with van der Waals surface area (Å²) in [6.45, 7) is 7.14. The molecule has 17 heavy (non-hydrogen) atoms. The van der Waals surface area contributed by atoms with E-state index in [1.807, 2.05) is 13.1 Å². The first-order valence-electron chi connectivity index (χ1n) is 5.94. The van der Waals surface area contributed by atoms with Crippen LogP contribution in [-0.4, -0.2) is 29.7 Å². The maximum atomic E-state index is 11.6. The number of anilines is 1. The maximum absolute atomic E-state index is 11.6. The first kappa shape index (κ1) is 13.7. The van der Waals surface area contributed by atoms with Gasteiger partial charge in [0, 0.05) is 23.6 Å². The van der Waals surface area contributed by atoms with Crippen molar-refractivity contribution in [3.05, 3.63) is 11.8 Å². The maximum Gasteiger partial charge on any atom is 0.225 e. The van der Waals surface area contributed by atoms with Gasteiger partial charge < -0.3 is 10.6 Å². The van der Waals surface area contributed by atoms with Crippen LogP contribution in [0.1, 0.15) is 39.3 Å². The van der Waals surface area contributed by atoms with E-state index in [0.717, 1.165) is 18.7 Å². The van der Waals surface area contributed by atoms with Gasteiger partial charge in [-0.15, -0.1) is 0 Å². The Morgan fingerprint density at radius 1 is 1.47 bits per heavy atom. The Balaban J connectivity index is 2.46. The zero-order valence-electron chi connectivity index (χ0n) is 11.1. The van der Waals surface area contributed by atoms with Gasteiger partial charge >= 0.3 is 0 Å². The van der Waals surface area contributed by atoms with E-state index in [9.17, 15) is 4.79 Å². The van der Waals surface area contributed by atoms with E-state index in [4.69, 9.17) is 0 Å². The molecule has 0 aromatic carbocycles. The molecule has 0 saturated carbocycles. The highest BCUT2D eigenvalue weighted by Gasteiger charge is 2.17. The fraction of sp³-hybridized carbons (Fsp3) is 0.667. The molecule has 5 heteroatoms. The molecule has 0 spiro atoms. The van der Waals surface area contributed by atoms with Gasteiger partial charge in [-0.3, -0.25) is 9.89 Å². The molecule has 3 N–H and O–H groups in total. The second-order valence-corrected chi connectivity index (χ2v) is 5.17. The molecular weight excluding hydrogens is 216 g/mol. The van der Waals surface area contributed by atoms with Crippen LogP contribution in [0.3, 0.4) is 0 Å². The van der Waals surface area contributed by atoms with Gasteiger partial charge in [-0.05, 0) is 20.0 Å². The number of hydrogen-bond acceptors (Lipinski definition) is 3. The zero-order chi connectivity index (χ0) is 12.9. The fourth-order valence-electron chi connectivity index (χ4n) is 1.40. The molecule has 1 rings (SSSR count). The third kappa shape index (κ3) is 4.56. The lowest BCUT2D eigenvalue weighted by Crippen LogP contribution is -2.15. The minimum absolute atomic E-state index is 0.00668. The smallest absolute Gasteiger partial charge is 0.225 e. The van der Waals surface area contributed by atoms with E-state index >= 15 is 0 Å². The number of amides is 1. The van der Waals surface area contributed by atoms with E-state index in [1.54, 1.807) is 0 Å². The standard InChI is InChI=1S/C12H22N4O/c1-12(2,3)9-8-10(16-15-9)14-11(17)6-5-7-13-4/h8,13H,5-7H2,1-4H3,(H2,14,15,16,17). The summed E-state index contributed by atoms with van der Waals surface area (Å²) in [6, 6.07) is 1.88. The van der Waals surface area contributed by atoms with Gasteiger partial charge in [-0.2, -0.15) is 5.10 Å². The van der Waals surface area contributed by atoms with Gasteiger partial charge in [-0.25, -0.2) is 0 Å². The van der Waals surface area contributed by atoms with Crippen LogP contribution in [0, 0.1) is 0 Å². The van der Waals surface area contributed by atoms with Crippen molar-refractivity contribution in [2.24, 2.45) is 0 Å². The lowest BCUT2D eigenvalue weighted by molar-refractivity contribution is -0.116. The highest BCUT2D eigenvalue weighted by Crippen LogP contribution is 2.21. The molecular formula is C12H22N4O. The zero-order valence-corrected chi connectivity index (χ0v) is 11.1. The minimum Gasteiger partial charge on any atom is -0.320 e. The van der Waals surface area contributed by atoms with Crippen LogP contribution >= 0.6 is 0 Å². The van der Waals surface area contributed by atoms with E-state index in [2.05, 4.69) is 41.6 Å². The molecule has 0 unspecified atom stereocenters. The third-order valence-electron chi connectivity index (χ3n) is 2.48. The number of nitrogens with one attached hydrogen (secondary N) is 3. The average Bonchev–Trinajstić information content (AvgIpc) is 2.66. The van der Waals surface area contributed by atoms with Gasteiger partial charge in [0.25, 0.3) is 0 Å². The van der Waals surface area contributed by atoms with Crippen LogP contribution in [-0.2, 0) is 10.2 Å². The Labute approximate surface area is 102 Å². The molecule has 0 saturated heterocycles. The van der Waals surface area contributed by atoms with Crippen molar-refractivity contribution in [2.45, 2.75) is 39.0 Å². The molecule has 0 radical (unpaired) electrons. The number of hydrogen-bond donors (Lipinski definition) is 3. The van der Waals surface area contributed by atoms with Gasteiger partial charge in [0.05, 0.1) is 0 Å². The molecule has 1 heterocycles. The number of rotatable bonds is 5. The number of H-pyrrole nitrogens is 1. The van der Waals surface area contributed by atoms with Crippen molar-refractivity contribution in [3.8, 4) is 0 Å². The number of aromatic amines is 1. The molecule has 5 nitrogen and oxygen atoms in total. The summed E-state index contributed by atoms with van der Waals surface area (Å²) in [5, 5.41) is 12.8. The highest BCUT2D eigenvalue weighted by molar-refractivity contribution is 5.89. The highest BCUT2D eigenvalue weighted by atomic mass is 16.1. The largest absolute Gasteiger partial charge is 0.320 e. The molecule has 0 bridgehead atoms. The number of carbonyl (C=O) groups excluding carboxylic acids is 1. The van der Waals surface area contributed by atoms with Crippen molar-refractivity contribution in [1.82, 2.24) is 15.5 Å². The predicted molar refractivity (Wildman–Crippen MR) is 69.1 cm³/mol. The summed E-state index contributed by atoms with van der Waals surface area (Å²) in [5.74, 6) is 0.608. The molecule has 1 aromatic heterocycles. The monoisotopic (exact) mass is 238 g/mol. The normalized spacial score (nSPS) is 11.5. The van der Waals surface area contributed by atoms with Gasteiger partial charge in [0.2, 0.25) is 5.91 Å². The van der Waals surface area contributed by atoms with Crippen molar-refractivity contribution in [3.63, 3.8) is 0 Å². The Morgan fingerprint density at radius 3 is 2.71 bits per heavy atom. The molecule has 0 aliphatic heterocycles. The van der Waals surface area contributed by atoms with Crippen molar-refractivity contribution < 1.29 is 4.79 Å². The molecule has 96 valence electrons. The topological polar surface area (TPSA) is 69.8 Å². The lowest BCUT2D eigenvalue weighted by atomic mass is 9.92. The second-order valence-electron chi connectivity index (χ2n) is 5.17. The summed E-state index contributed by atoms with van der Waals surface area (Å²) in [6.07, 6.45) is 1.34. The molecule has 1 aromatic rings. The number of nitrogens with zero attached hydrogens (tertiary/aromatic N) is 1. The fourth-order valence-corrected chi connectivity index (χ4v) is 1.40. The van der Waals surface area contributed by atoms with Crippen molar-refractivity contribution in [1.29, 1.82) is 0 Å².